The Morgan fingerprint density at radius 3 is 2.95 bits per heavy atom. The van der Waals surface area contributed by atoms with E-state index in [0.29, 0.717) is 24.2 Å². The maximum atomic E-state index is 12.0. The summed E-state index contributed by atoms with van der Waals surface area (Å²) >= 11 is 0. The minimum absolute atomic E-state index is 0.334. The van der Waals surface area contributed by atoms with E-state index in [1.165, 1.54) is 16.8 Å². The Bertz CT molecular complexity index is 641. The third kappa shape index (κ3) is 1.48. The number of ketones is 1. The van der Waals surface area contributed by atoms with Crippen LogP contribution in [0, 0.1) is 0 Å². The summed E-state index contributed by atoms with van der Waals surface area (Å²) in [4.78, 5) is 14.5. The number of hydrogen-bond donors (Lipinski definition) is 0. The van der Waals surface area contributed by atoms with Crippen molar-refractivity contribution in [2.45, 2.75) is 38.1 Å². The lowest BCUT2D eigenvalue weighted by Crippen LogP contribution is -2.35. The summed E-state index contributed by atoms with van der Waals surface area (Å²) in [6.45, 7) is 3.31. The second-order valence-electron chi connectivity index (χ2n) is 5.94. The first-order valence-electron chi connectivity index (χ1n) is 7.61. The third-order valence-electron chi connectivity index (χ3n) is 4.85. The van der Waals surface area contributed by atoms with E-state index in [0.717, 1.165) is 25.0 Å². The van der Waals surface area contributed by atoms with E-state index in [1.54, 1.807) is 0 Å². The van der Waals surface area contributed by atoms with Crippen molar-refractivity contribution in [2.24, 2.45) is 0 Å². The van der Waals surface area contributed by atoms with Gasteiger partial charge in [0.25, 0.3) is 0 Å². The van der Waals surface area contributed by atoms with Crippen molar-refractivity contribution in [3.8, 4) is 0 Å². The van der Waals surface area contributed by atoms with E-state index >= 15 is 0 Å². The van der Waals surface area contributed by atoms with Crippen molar-refractivity contribution in [3.63, 3.8) is 0 Å². The Morgan fingerprint density at radius 1 is 1.25 bits per heavy atom. The maximum Gasteiger partial charge on any atom is 0.163 e. The number of carbonyl (C=O) groups is 1. The van der Waals surface area contributed by atoms with Crippen molar-refractivity contribution < 1.29 is 4.79 Å². The highest BCUT2D eigenvalue weighted by Gasteiger charge is 2.43. The zero-order valence-electron chi connectivity index (χ0n) is 11.8. The molecule has 20 heavy (non-hydrogen) atoms. The smallest absolute Gasteiger partial charge is 0.163 e. The number of fused-ring (bicyclic) bond motifs is 4. The van der Waals surface area contributed by atoms with Gasteiger partial charge in [-0.2, -0.15) is 0 Å². The minimum atomic E-state index is 0.334. The quantitative estimate of drug-likeness (QED) is 0.814. The lowest BCUT2D eigenvalue weighted by atomic mass is 9.82. The van der Waals surface area contributed by atoms with Crippen LogP contribution in [0.3, 0.4) is 0 Å². The van der Waals surface area contributed by atoms with Gasteiger partial charge in [0.1, 0.15) is 0 Å². The average molecular weight is 265 g/mol. The molecule has 0 N–H and O–H groups in total. The number of nitrogens with zero attached hydrogens (tertiary/aromatic N) is 1. The summed E-state index contributed by atoms with van der Waals surface area (Å²) in [5.41, 5.74) is 5.16. The molecule has 0 radical (unpaired) electrons. The van der Waals surface area contributed by atoms with Crippen molar-refractivity contribution in [3.05, 3.63) is 53.1 Å². The molecule has 1 aliphatic heterocycles. The van der Waals surface area contributed by atoms with Crippen LogP contribution in [0.25, 0.3) is 0 Å². The molecule has 0 aromatic heterocycles. The molecule has 1 aromatic carbocycles. The summed E-state index contributed by atoms with van der Waals surface area (Å²) in [5, 5.41) is 0. The van der Waals surface area contributed by atoms with Crippen LogP contribution in [-0.2, 0) is 4.79 Å². The standard InChI is InChI=1S/C18H19NO/c1-2-11-19-15-6-4-3-5-14(15)18-13-8-10-17(20)12(13)7-9-16(18)19/h3-7,9,16,18H,2,8,10-11H2,1H3. The summed E-state index contributed by atoms with van der Waals surface area (Å²) in [5.74, 6) is 0.741. The zero-order valence-corrected chi connectivity index (χ0v) is 11.8. The van der Waals surface area contributed by atoms with Crippen LogP contribution in [0.2, 0.25) is 0 Å². The first-order valence-corrected chi connectivity index (χ1v) is 7.61. The molecule has 102 valence electrons. The first-order chi connectivity index (χ1) is 9.81. The molecule has 2 unspecified atom stereocenters. The van der Waals surface area contributed by atoms with Gasteiger partial charge >= 0.3 is 0 Å². The third-order valence-corrected chi connectivity index (χ3v) is 4.85. The fourth-order valence-corrected chi connectivity index (χ4v) is 4.07. The number of para-hydroxylation sites is 1. The Balaban J connectivity index is 1.86. The molecule has 1 aromatic rings. The van der Waals surface area contributed by atoms with Gasteiger partial charge in [0, 0.05) is 30.1 Å². The van der Waals surface area contributed by atoms with Crippen molar-refractivity contribution in [1.29, 1.82) is 0 Å². The second-order valence-corrected chi connectivity index (χ2v) is 5.94. The molecule has 4 rings (SSSR count). The Morgan fingerprint density at radius 2 is 2.10 bits per heavy atom. The highest BCUT2D eigenvalue weighted by atomic mass is 16.1. The number of allylic oxidation sites excluding steroid dienone is 2. The predicted molar refractivity (Wildman–Crippen MR) is 81.0 cm³/mol. The molecule has 2 atom stereocenters. The minimum Gasteiger partial charge on any atom is -0.364 e. The molecule has 3 aliphatic rings. The summed E-state index contributed by atoms with van der Waals surface area (Å²) in [6.07, 6.45) is 7.14. The molecule has 0 bridgehead atoms. The van der Waals surface area contributed by atoms with Gasteiger partial charge in [0.2, 0.25) is 0 Å². The number of anilines is 1. The molecule has 1 heterocycles. The monoisotopic (exact) mass is 265 g/mol. The van der Waals surface area contributed by atoms with Crippen LogP contribution in [0.1, 0.15) is 37.7 Å². The molecule has 0 saturated heterocycles. The number of benzene rings is 1. The highest BCUT2D eigenvalue weighted by Crippen LogP contribution is 2.50. The van der Waals surface area contributed by atoms with Gasteiger partial charge in [-0.1, -0.05) is 37.3 Å². The second kappa shape index (κ2) is 4.34. The van der Waals surface area contributed by atoms with Gasteiger partial charge in [-0.25, -0.2) is 0 Å². The van der Waals surface area contributed by atoms with Gasteiger partial charge < -0.3 is 4.90 Å². The van der Waals surface area contributed by atoms with E-state index in [2.05, 4.69) is 48.2 Å². The number of hydrogen-bond acceptors (Lipinski definition) is 2. The van der Waals surface area contributed by atoms with E-state index in [4.69, 9.17) is 0 Å². The number of rotatable bonds is 2. The first kappa shape index (κ1) is 12.0. The molecule has 0 saturated carbocycles. The van der Waals surface area contributed by atoms with Gasteiger partial charge in [0.05, 0.1) is 6.04 Å². The van der Waals surface area contributed by atoms with Crippen LogP contribution in [-0.4, -0.2) is 18.4 Å². The highest BCUT2D eigenvalue weighted by molar-refractivity contribution is 6.02. The fourth-order valence-electron chi connectivity index (χ4n) is 4.07. The molecular weight excluding hydrogens is 246 g/mol. The summed E-state index contributed by atoms with van der Waals surface area (Å²) < 4.78 is 0. The van der Waals surface area contributed by atoms with Crippen molar-refractivity contribution >= 4 is 11.5 Å². The van der Waals surface area contributed by atoms with Crippen LogP contribution in [0.5, 0.6) is 0 Å². The number of Topliss-reactive ketones (excluding diaryl/α,β-unsaturated/α-hetero) is 1. The van der Waals surface area contributed by atoms with Gasteiger partial charge in [0.15, 0.2) is 5.78 Å². The molecule has 2 nitrogen and oxygen atoms in total. The van der Waals surface area contributed by atoms with Crippen LogP contribution in [0.4, 0.5) is 5.69 Å². The lowest BCUT2D eigenvalue weighted by Gasteiger charge is -2.30. The zero-order chi connectivity index (χ0) is 13.7. The molecule has 2 heteroatoms. The summed E-state index contributed by atoms with van der Waals surface area (Å²) in [7, 11) is 0. The lowest BCUT2D eigenvalue weighted by molar-refractivity contribution is -0.114. The van der Waals surface area contributed by atoms with Crippen LogP contribution in [0.15, 0.2) is 47.6 Å². The van der Waals surface area contributed by atoms with Crippen LogP contribution < -0.4 is 4.90 Å². The van der Waals surface area contributed by atoms with E-state index in [-0.39, 0.29) is 0 Å². The van der Waals surface area contributed by atoms with Crippen molar-refractivity contribution in [1.82, 2.24) is 0 Å². The molecule has 2 aliphatic carbocycles. The van der Waals surface area contributed by atoms with E-state index < -0.39 is 0 Å². The predicted octanol–water partition coefficient (Wildman–Crippen LogP) is 3.60. The van der Waals surface area contributed by atoms with E-state index in [1.807, 2.05) is 0 Å². The molecule has 0 amide bonds. The average Bonchev–Trinajstić information content (AvgIpc) is 3.00. The molecule has 0 spiro atoms. The van der Waals surface area contributed by atoms with Crippen molar-refractivity contribution in [2.75, 3.05) is 11.4 Å². The molecular formula is C18H19NO. The van der Waals surface area contributed by atoms with Crippen LogP contribution >= 0.6 is 0 Å². The fraction of sp³-hybridized carbons (Fsp3) is 0.389. The SMILES string of the molecule is CCCN1c2ccccc2C2C3=C(C=CC21)C(=O)CC3. The summed E-state index contributed by atoms with van der Waals surface area (Å²) in [6, 6.07) is 9.14. The van der Waals surface area contributed by atoms with Gasteiger partial charge in [-0.3, -0.25) is 4.79 Å². The maximum absolute atomic E-state index is 12.0. The number of carbonyl (C=O) groups excluding carboxylic acids is 1. The topological polar surface area (TPSA) is 20.3 Å². The van der Waals surface area contributed by atoms with Gasteiger partial charge in [-0.15, -0.1) is 0 Å². The normalized spacial score (nSPS) is 26.9. The Kier molecular flexibility index (Phi) is 2.59. The largest absolute Gasteiger partial charge is 0.364 e. The van der Waals surface area contributed by atoms with E-state index in [9.17, 15) is 4.79 Å². The molecule has 0 fully saturated rings. The van der Waals surface area contributed by atoms with Gasteiger partial charge in [-0.05, 0) is 30.0 Å². The Labute approximate surface area is 119 Å². The Hall–Kier alpha value is -1.83.